The molecule has 1 heterocycles. The lowest BCUT2D eigenvalue weighted by Gasteiger charge is -2.21. The van der Waals surface area contributed by atoms with E-state index in [0.717, 1.165) is 11.8 Å². The third kappa shape index (κ3) is 5.37. The zero-order chi connectivity index (χ0) is 25.2. The third-order valence-corrected chi connectivity index (χ3v) is 7.01. The van der Waals surface area contributed by atoms with E-state index in [1.807, 2.05) is 35.1 Å². The summed E-state index contributed by atoms with van der Waals surface area (Å²) in [6.45, 7) is 3.32. The second kappa shape index (κ2) is 9.53. The first-order chi connectivity index (χ1) is 16.6. The number of carbonyl (C=O) groups is 2. The summed E-state index contributed by atoms with van der Waals surface area (Å²) in [4.78, 5) is 22.9. The molecule has 1 aliphatic heterocycles. The van der Waals surface area contributed by atoms with Crippen LogP contribution in [-0.2, 0) is 26.4 Å². The lowest BCUT2D eigenvalue weighted by atomic mass is 9.92. The van der Waals surface area contributed by atoms with Crippen molar-refractivity contribution in [3.8, 4) is 11.5 Å². The molecule has 1 aliphatic rings. The number of fused-ring (bicyclic) bond motifs is 1. The number of aldehydes is 1. The average molecular weight is 501 g/mol. The lowest BCUT2D eigenvalue weighted by molar-refractivity contribution is -0.117. The molecule has 0 bridgehead atoms. The molecule has 10 heteroatoms. The number of nitrogens with zero attached hydrogens (tertiary/aromatic N) is 1. The van der Waals surface area contributed by atoms with Gasteiger partial charge in [-0.1, -0.05) is 50.2 Å². The number of hydrogen-bond acceptors (Lipinski definition) is 6. The van der Waals surface area contributed by atoms with Gasteiger partial charge in [0.2, 0.25) is 0 Å². The molecule has 0 radical (unpaired) electrons. The molecule has 0 unspecified atom stereocenters. The van der Waals surface area contributed by atoms with Crippen LogP contribution in [0.15, 0.2) is 54.6 Å². The number of nitrogens with one attached hydrogen (secondary N) is 1. The molecule has 1 N–H and O–H groups in total. The number of ether oxygens (including phenoxy) is 2. The van der Waals surface area contributed by atoms with Gasteiger partial charge in [-0.15, -0.1) is 0 Å². The van der Waals surface area contributed by atoms with E-state index in [0.29, 0.717) is 21.9 Å². The minimum absolute atomic E-state index is 0.0136. The highest BCUT2D eigenvalue weighted by molar-refractivity contribution is 7.92. The van der Waals surface area contributed by atoms with Crippen molar-refractivity contribution in [3.63, 3.8) is 0 Å². The fraction of sp³-hybridized carbons (Fsp3) is 0.280. The van der Waals surface area contributed by atoms with Gasteiger partial charge in [0.25, 0.3) is 5.91 Å². The molecule has 0 aromatic heterocycles. The fourth-order valence-electron chi connectivity index (χ4n) is 3.60. The average Bonchev–Trinajstić information content (AvgIpc) is 3.10. The number of hydrogen-bond donors (Lipinski definition) is 1. The largest absolute Gasteiger partial charge is 0.494 e. The van der Waals surface area contributed by atoms with Gasteiger partial charge < -0.3 is 14.3 Å². The number of anilines is 1. The smallest absolute Gasteiger partial charge is 0.326 e. The van der Waals surface area contributed by atoms with E-state index in [1.54, 1.807) is 26.0 Å². The predicted molar refractivity (Wildman–Crippen MR) is 129 cm³/mol. The van der Waals surface area contributed by atoms with Gasteiger partial charge in [0, 0.05) is 10.8 Å². The van der Waals surface area contributed by atoms with E-state index in [1.165, 1.54) is 12.1 Å². The van der Waals surface area contributed by atoms with Gasteiger partial charge in [-0.05, 0) is 35.6 Å². The monoisotopic (exact) mass is 500 g/mol. The van der Waals surface area contributed by atoms with Crippen LogP contribution in [0.4, 0.5) is 10.1 Å². The summed E-state index contributed by atoms with van der Waals surface area (Å²) in [5.74, 6) is -1.28. The highest BCUT2D eigenvalue weighted by Crippen LogP contribution is 2.40. The quantitative estimate of drug-likeness (QED) is 0.449. The van der Waals surface area contributed by atoms with Crippen LogP contribution in [0.25, 0.3) is 10.8 Å². The Morgan fingerprint density at radius 3 is 2.51 bits per heavy atom. The second-order valence-corrected chi connectivity index (χ2v) is 10.5. The minimum atomic E-state index is -4.28. The van der Waals surface area contributed by atoms with Crippen LogP contribution >= 0.6 is 0 Å². The summed E-state index contributed by atoms with van der Waals surface area (Å²) in [5.41, 5.74) is -0.102. The van der Waals surface area contributed by atoms with Crippen molar-refractivity contribution in [3.05, 3.63) is 66.0 Å². The molecule has 1 fully saturated rings. The van der Waals surface area contributed by atoms with Crippen LogP contribution in [0, 0.1) is 11.2 Å². The maximum Gasteiger partial charge on any atom is 0.326 e. The minimum Gasteiger partial charge on any atom is -0.494 e. The van der Waals surface area contributed by atoms with Crippen molar-refractivity contribution in [1.82, 2.24) is 4.72 Å². The van der Waals surface area contributed by atoms with Crippen LogP contribution in [-0.4, -0.2) is 33.8 Å². The predicted octanol–water partition coefficient (Wildman–Crippen LogP) is 3.73. The molecule has 8 nitrogen and oxygen atoms in total. The molecular weight excluding hydrogens is 475 g/mol. The van der Waals surface area contributed by atoms with Gasteiger partial charge in [0.15, 0.2) is 5.82 Å². The Balaban J connectivity index is 1.73. The summed E-state index contributed by atoms with van der Waals surface area (Å²) in [6.07, 6.45) is 1.32. The Hall–Kier alpha value is -3.66. The summed E-state index contributed by atoms with van der Waals surface area (Å²) in [6, 6.07) is 15.4. The van der Waals surface area contributed by atoms with E-state index >= 15 is 4.39 Å². The van der Waals surface area contributed by atoms with Crippen LogP contribution < -0.4 is 18.5 Å². The second-order valence-electron chi connectivity index (χ2n) is 8.94. The van der Waals surface area contributed by atoms with Gasteiger partial charge in [0.1, 0.15) is 36.6 Å². The van der Waals surface area contributed by atoms with Crippen molar-refractivity contribution < 1.29 is 31.9 Å². The fourth-order valence-corrected chi connectivity index (χ4v) is 4.76. The topological polar surface area (TPSA) is 102 Å². The summed E-state index contributed by atoms with van der Waals surface area (Å²) >= 11 is 0. The molecule has 0 aliphatic carbocycles. The van der Waals surface area contributed by atoms with Gasteiger partial charge in [-0.2, -0.15) is 8.42 Å². The zero-order valence-corrected chi connectivity index (χ0v) is 20.1. The van der Waals surface area contributed by atoms with Crippen LogP contribution in [0.3, 0.4) is 0 Å². The Morgan fingerprint density at radius 2 is 1.86 bits per heavy atom. The molecule has 4 rings (SSSR count). The molecule has 0 saturated carbocycles. The lowest BCUT2D eigenvalue weighted by Crippen LogP contribution is -2.30. The molecule has 1 saturated heterocycles. The Labute approximate surface area is 202 Å². The maximum atomic E-state index is 15.9. The summed E-state index contributed by atoms with van der Waals surface area (Å²) in [5, 5.41) is 0.569. The molecule has 0 spiro atoms. The first kappa shape index (κ1) is 24.5. The molecule has 3 aromatic carbocycles. The third-order valence-electron chi connectivity index (χ3n) is 5.63. The number of amides is 1. The molecule has 35 heavy (non-hydrogen) atoms. The van der Waals surface area contributed by atoms with E-state index in [9.17, 15) is 18.0 Å². The van der Waals surface area contributed by atoms with Crippen molar-refractivity contribution >= 4 is 38.9 Å². The van der Waals surface area contributed by atoms with Crippen molar-refractivity contribution in [2.75, 3.05) is 17.5 Å². The maximum absolute atomic E-state index is 15.9. The normalized spacial score (nSPS) is 15.2. The van der Waals surface area contributed by atoms with E-state index in [4.69, 9.17) is 9.47 Å². The molecule has 184 valence electrons. The summed E-state index contributed by atoms with van der Waals surface area (Å²) < 4.78 is 55.1. The number of carbonyl (C=O) groups excluding carboxylic acids is 2. The Kier molecular flexibility index (Phi) is 6.66. The molecule has 1 amide bonds. The van der Waals surface area contributed by atoms with Crippen LogP contribution in [0.1, 0.15) is 25.8 Å². The summed E-state index contributed by atoms with van der Waals surface area (Å²) in [7, 11) is -4.28. The first-order valence-corrected chi connectivity index (χ1v) is 12.4. The Bertz CT molecular complexity index is 1380. The molecular formula is C25H25FN2O6S. The number of rotatable bonds is 9. The highest BCUT2D eigenvalue weighted by atomic mass is 32.2. The number of benzene rings is 3. The van der Waals surface area contributed by atoms with E-state index < -0.39 is 33.9 Å². The zero-order valence-electron chi connectivity index (χ0n) is 19.3. The van der Waals surface area contributed by atoms with Crippen LogP contribution in [0.5, 0.6) is 11.5 Å². The van der Waals surface area contributed by atoms with Gasteiger partial charge in [-0.25, -0.2) is 13.4 Å². The van der Waals surface area contributed by atoms with E-state index in [2.05, 4.69) is 0 Å². The Morgan fingerprint density at radius 1 is 1.11 bits per heavy atom. The van der Waals surface area contributed by atoms with Gasteiger partial charge >= 0.3 is 10.2 Å². The SMILES string of the molecule is CC(C)(C=O)CCOc1ccc2cc(OCc3ccccc3)c(N3CC(=O)NS3(=O)=O)c(F)c2c1. The van der Waals surface area contributed by atoms with Crippen molar-refractivity contribution in [2.24, 2.45) is 5.41 Å². The molecule has 0 atom stereocenters. The van der Waals surface area contributed by atoms with Gasteiger partial charge in [0.05, 0.1) is 6.61 Å². The van der Waals surface area contributed by atoms with E-state index in [-0.39, 0.29) is 30.0 Å². The number of halogens is 1. The van der Waals surface area contributed by atoms with Crippen molar-refractivity contribution in [1.29, 1.82) is 0 Å². The van der Waals surface area contributed by atoms with Crippen molar-refractivity contribution in [2.45, 2.75) is 26.9 Å². The standard InChI is InChI=1S/C25H25FN2O6S/c1-25(2,16-29)10-11-33-19-9-8-18-12-21(34-15-17-6-4-3-5-7-17)24(23(26)20(18)13-19)28-14-22(30)27-35(28,31)32/h3-9,12-13,16H,10-11,14-15H2,1-2H3,(H,27,30). The highest BCUT2D eigenvalue weighted by Gasteiger charge is 2.38. The van der Waals surface area contributed by atoms with Crippen LogP contribution in [0.2, 0.25) is 0 Å². The van der Waals surface area contributed by atoms with Gasteiger partial charge in [-0.3, -0.25) is 4.79 Å². The molecule has 3 aromatic rings. The first-order valence-electron chi connectivity index (χ1n) is 10.9.